The molecule has 9 heteroatoms. The van der Waals surface area contributed by atoms with Crippen LogP contribution >= 0.6 is 0 Å². The standard InChI is InChI=1S/C30H41N7O2/c1-21(2)20-37(25-13-16-39-17-14-25)15-12-24(34-29(38)18-23-10-8-22(3)9-11-23)19-28(31)26-6-4-5-7-27(26)30(35-32)36-33/h4-12,15,19,21,25,31H,13-14,16-18,20,32-33H2,1-3H3,(H,34,38)(H,35,36)/b15-12+,24-19+,31-28?. The molecule has 1 amide bonds. The molecule has 0 aromatic heterocycles. The topological polar surface area (TPSA) is 142 Å². The predicted molar refractivity (Wildman–Crippen MR) is 157 cm³/mol. The average Bonchev–Trinajstić information content (AvgIpc) is 2.93. The molecular formula is C30H41N7O2. The smallest absolute Gasteiger partial charge is 0.228 e. The largest absolute Gasteiger partial charge is 0.381 e. The highest BCUT2D eigenvalue weighted by atomic mass is 16.5. The molecule has 1 fully saturated rings. The number of amidine groups is 1. The summed E-state index contributed by atoms with van der Waals surface area (Å²) >= 11 is 0. The Morgan fingerprint density at radius 3 is 2.44 bits per heavy atom. The molecule has 1 heterocycles. The fraction of sp³-hybridized carbons (Fsp3) is 0.367. The number of hydrazone groups is 1. The Kier molecular flexibility index (Phi) is 11.3. The van der Waals surface area contributed by atoms with Crippen molar-refractivity contribution in [3.05, 3.63) is 94.8 Å². The fourth-order valence-corrected chi connectivity index (χ4v) is 4.51. The summed E-state index contributed by atoms with van der Waals surface area (Å²) in [6, 6.07) is 15.5. The Hall–Kier alpha value is -3.95. The summed E-state index contributed by atoms with van der Waals surface area (Å²) in [4.78, 5) is 15.4. The van der Waals surface area contributed by atoms with Crippen molar-refractivity contribution in [3.63, 3.8) is 0 Å². The van der Waals surface area contributed by atoms with Crippen LogP contribution in [0.1, 0.15) is 48.9 Å². The van der Waals surface area contributed by atoms with Crippen molar-refractivity contribution in [2.24, 2.45) is 22.7 Å². The summed E-state index contributed by atoms with van der Waals surface area (Å²) < 4.78 is 5.57. The van der Waals surface area contributed by atoms with Crippen LogP contribution in [-0.4, -0.2) is 48.2 Å². The lowest BCUT2D eigenvalue weighted by molar-refractivity contribution is -0.119. The summed E-state index contributed by atoms with van der Waals surface area (Å²) in [5, 5.41) is 15.6. The second-order valence-electron chi connectivity index (χ2n) is 10.1. The number of aryl methyl sites for hydroxylation is 1. The summed E-state index contributed by atoms with van der Waals surface area (Å²) in [5.74, 6) is 11.7. The van der Waals surface area contributed by atoms with Gasteiger partial charge in [0.05, 0.1) is 12.1 Å². The molecule has 0 atom stereocenters. The molecule has 2 aromatic rings. The van der Waals surface area contributed by atoms with Gasteiger partial charge in [-0.25, -0.2) is 5.84 Å². The Morgan fingerprint density at radius 2 is 1.82 bits per heavy atom. The predicted octanol–water partition coefficient (Wildman–Crippen LogP) is 3.34. The lowest BCUT2D eigenvalue weighted by Gasteiger charge is -2.34. The fourth-order valence-electron chi connectivity index (χ4n) is 4.51. The molecular weight excluding hydrogens is 490 g/mol. The molecule has 208 valence electrons. The molecule has 0 saturated carbocycles. The number of benzene rings is 2. The van der Waals surface area contributed by atoms with Crippen LogP contribution in [0.3, 0.4) is 0 Å². The first-order valence-electron chi connectivity index (χ1n) is 13.3. The molecule has 1 aliphatic rings. The first-order valence-corrected chi connectivity index (χ1v) is 13.3. The van der Waals surface area contributed by atoms with Crippen LogP contribution in [0.2, 0.25) is 0 Å². The maximum atomic E-state index is 13.1. The average molecular weight is 532 g/mol. The number of nitrogens with zero attached hydrogens (tertiary/aromatic N) is 2. The number of carbonyl (C=O) groups excluding carboxylic acids is 1. The first-order chi connectivity index (χ1) is 18.8. The number of nitrogens with one attached hydrogen (secondary N) is 3. The molecule has 1 aliphatic heterocycles. The summed E-state index contributed by atoms with van der Waals surface area (Å²) in [6.45, 7) is 8.76. The van der Waals surface area contributed by atoms with Crippen LogP contribution in [0.15, 0.2) is 77.7 Å². The molecule has 0 aliphatic carbocycles. The number of carbonyl (C=O) groups is 1. The number of hydrazine groups is 1. The Bertz CT molecular complexity index is 1200. The highest BCUT2D eigenvalue weighted by Gasteiger charge is 2.20. The second kappa shape index (κ2) is 14.8. The van der Waals surface area contributed by atoms with E-state index in [1.54, 1.807) is 18.2 Å². The maximum absolute atomic E-state index is 13.1. The zero-order chi connectivity index (χ0) is 28.2. The lowest BCUT2D eigenvalue weighted by Crippen LogP contribution is -2.38. The maximum Gasteiger partial charge on any atom is 0.228 e. The van der Waals surface area contributed by atoms with E-state index in [1.807, 2.05) is 55.6 Å². The Labute approximate surface area is 231 Å². The van der Waals surface area contributed by atoms with Gasteiger partial charge in [-0.1, -0.05) is 67.9 Å². The highest BCUT2D eigenvalue weighted by molar-refractivity contribution is 6.15. The number of allylic oxidation sites excluding steroid dienone is 2. The van der Waals surface area contributed by atoms with Crippen LogP contribution in [0.5, 0.6) is 0 Å². The number of hydrogen-bond acceptors (Lipinski definition) is 7. The quantitative estimate of drug-likeness (QED) is 0.0990. The number of ether oxygens (including phenoxy) is 1. The van der Waals surface area contributed by atoms with Crippen molar-refractivity contribution >= 4 is 17.5 Å². The second-order valence-corrected chi connectivity index (χ2v) is 10.1. The Morgan fingerprint density at radius 1 is 1.15 bits per heavy atom. The molecule has 9 nitrogen and oxygen atoms in total. The van der Waals surface area contributed by atoms with Gasteiger partial charge in [0, 0.05) is 48.8 Å². The summed E-state index contributed by atoms with van der Waals surface area (Å²) in [6.07, 6.45) is 7.68. The monoisotopic (exact) mass is 531 g/mol. The van der Waals surface area contributed by atoms with Gasteiger partial charge in [-0.2, -0.15) is 5.10 Å². The lowest BCUT2D eigenvalue weighted by atomic mass is 10.0. The van der Waals surface area contributed by atoms with Crippen LogP contribution < -0.4 is 22.4 Å². The molecule has 39 heavy (non-hydrogen) atoms. The van der Waals surface area contributed by atoms with E-state index in [0.717, 1.165) is 43.7 Å². The van der Waals surface area contributed by atoms with Gasteiger partial charge in [-0.3, -0.25) is 4.79 Å². The Balaban J connectivity index is 1.92. The molecule has 0 unspecified atom stereocenters. The van der Waals surface area contributed by atoms with E-state index in [9.17, 15) is 4.79 Å². The van der Waals surface area contributed by atoms with Crippen molar-refractivity contribution < 1.29 is 9.53 Å². The zero-order valence-electron chi connectivity index (χ0n) is 23.1. The minimum atomic E-state index is -0.162. The molecule has 0 spiro atoms. The summed E-state index contributed by atoms with van der Waals surface area (Å²) in [7, 11) is 0. The third-order valence-corrected chi connectivity index (χ3v) is 6.49. The van der Waals surface area contributed by atoms with Gasteiger partial charge in [0.1, 0.15) is 0 Å². The number of hydrogen-bond donors (Lipinski definition) is 5. The molecule has 1 saturated heterocycles. The van der Waals surface area contributed by atoms with E-state index in [2.05, 4.69) is 34.6 Å². The first kappa shape index (κ1) is 29.6. The molecule has 2 aromatic carbocycles. The van der Waals surface area contributed by atoms with Gasteiger partial charge in [0.2, 0.25) is 5.91 Å². The van der Waals surface area contributed by atoms with E-state index in [-0.39, 0.29) is 23.9 Å². The number of rotatable bonds is 11. The van der Waals surface area contributed by atoms with Crippen molar-refractivity contribution in [1.82, 2.24) is 15.6 Å². The van der Waals surface area contributed by atoms with Crippen LogP contribution in [0.25, 0.3) is 0 Å². The van der Waals surface area contributed by atoms with Gasteiger partial charge < -0.3 is 31.6 Å². The van der Waals surface area contributed by atoms with E-state index >= 15 is 0 Å². The van der Waals surface area contributed by atoms with Crippen LogP contribution in [-0.2, 0) is 16.0 Å². The van der Waals surface area contributed by atoms with Crippen molar-refractivity contribution in [2.75, 3.05) is 19.8 Å². The van der Waals surface area contributed by atoms with Gasteiger partial charge in [0.25, 0.3) is 0 Å². The van der Waals surface area contributed by atoms with Gasteiger partial charge in [-0.15, -0.1) is 0 Å². The van der Waals surface area contributed by atoms with Crippen LogP contribution in [0, 0.1) is 18.3 Å². The molecule has 3 rings (SSSR count). The van der Waals surface area contributed by atoms with Crippen molar-refractivity contribution in [1.29, 1.82) is 5.41 Å². The SMILES string of the molecule is Cc1ccc(CC(=O)NC(/C=C/N(CC(C)C)C2CCOCC2)=C/C(=N)c2ccccc2/C(=N/N)NN)cc1. The minimum absolute atomic E-state index is 0.162. The van der Waals surface area contributed by atoms with Gasteiger partial charge >= 0.3 is 0 Å². The van der Waals surface area contributed by atoms with Gasteiger partial charge in [-0.05, 0) is 43.4 Å². The van der Waals surface area contributed by atoms with Crippen LogP contribution in [0.4, 0.5) is 0 Å². The third kappa shape index (κ3) is 9.08. The van der Waals surface area contributed by atoms with E-state index in [4.69, 9.17) is 21.8 Å². The summed E-state index contributed by atoms with van der Waals surface area (Å²) in [5.41, 5.74) is 6.39. The number of amides is 1. The molecule has 0 bridgehead atoms. The van der Waals surface area contributed by atoms with E-state index in [1.165, 1.54) is 0 Å². The molecule has 7 N–H and O–H groups in total. The van der Waals surface area contributed by atoms with E-state index < -0.39 is 0 Å². The normalized spacial score (nSPS) is 15.0. The zero-order valence-corrected chi connectivity index (χ0v) is 23.1. The van der Waals surface area contributed by atoms with Gasteiger partial charge in [0.15, 0.2) is 5.84 Å². The molecule has 0 radical (unpaired) electrons. The third-order valence-electron chi connectivity index (χ3n) is 6.49. The minimum Gasteiger partial charge on any atom is -0.381 e. The highest BCUT2D eigenvalue weighted by Crippen LogP contribution is 2.18. The van der Waals surface area contributed by atoms with E-state index in [0.29, 0.717) is 28.8 Å². The number of nitrogens with two attached hydrogens (primary N) is 2. The van der Waals surface area contributed by atoms with Crippen molar-refractivity contribution in [2.45, 2.75) is 46.1 Å². The van der Waals surface area contributed by atoms with Crippen molar-refractivity contribution in [3.8, 4) is 0 Å².